The Morgan fingerprint density at radius 2 is 1.44 bits per heavy atom. The average molecular weight is 388 g/mol. The average Bonchev–Trinajstić information content (AvgIpc) is 2.61. The summed E-state index contributed by atoms with van der Waals surface area (Å²) in [5.41, 5.74) is -1.39. The number of hydrogen-bond donors (Lipinski definition) is 3. The largest absolute Gasteiger partial charge is 0.378 e. The van der Waals surface area contributed by atoms with E-state index in [-0.39, 0.29) is 30.6 Å². The molecule has 0 unspecified atom stereocenters. The molecule has 0 aliphatic rings. The molecule has 0 spiro atoms. The predicted molar refractivity (Wildman–Crippen MR) is 105 cm³/mol. The van der Waals surface area contributed by atoms with Gasteiger partial charge in [0.2, 0.25) is 5.91 Å². The quantitative estimate of drug-likeness (QED) is 0.330. The highest BCUT2D eigenvalue weighted by atomic mass is 16.5. The fraction of sp³-hybridized carbons (Fsp3) is 0.842. The molecule has 0 radical (unpaired) electrons. The molecule has 0 saturated carbocycles. The monoisotopic (exact) mass is 387 g/mol. The summed E-state index contributed by atoms with van der Waals surface area (Å²) in [6.45, 7) is 10.9. The normalized spacial score (nSPS) is 12.1. The molecule has 0 aromatic carbocycles. The van der Waals surface area contributed by atoms with Gasteiger partial charge in [0.05, 0.1) is 37.4 Å². The summed E-state index contributed by atoms with van der Waals surface area (Å²) in [6, 6.07) is 0. The molecule has 0 heterocycles. The Morgan fingerprint density at radius 3 is 2.04 bits per heavy atom. The molecule has 1 amide bonds. The van der Waals surface area contributed by atoms with E-state index in [1.807, 2.05) is 20.8 Å². The lowest BCUT2D eigenvalue weighted by molar-refractivity contribution is -0.130. The third-order valence-corrected chi connectivity index (χ3v) is 4.26. The Morgan fingerprint density at radius 1 is 0.852 bits per heavy atom. The van der Waals surface area contributed by atoms with Gasteiger partial charge in [-0.25, -0.2) is 0 Å². The number of amides is 1. The summed E-state index contributed by atoms with van der Waals surface area (Å²) >= 11 is 0. The van der Waals surface area contributed by atoms with Crippen LogP contribution in [0.15, 0.2) is 0 Å². The number of ether oxygens (including phenoxy) is 2. The molecule has 8 heteroatoms. The standard InChI is InChI=1S/C19H37N3O5/c1-7-8-15(23)18(2,3)21-9-10-26-11-12-27-14-16(24)19(4,5)22-13-17(25)20-6/h21-22H,7-14H2,1-6H3,(H,20,25). The van der Waals surface area contributed by atoms with Crippen molar-refractivity contribution in [3.05, 3.63) is 0 Å². The Balaban J connectivity index is 3.83. The fourth-order valence-electron chi connectivity index (χ4n) is 2.13. The van der Waals surface area contributed by atoms with Gasteiger partial charge in [0, 0.05) is 20.0 Å². The second-order valence-electron chi connectivity index (χ2n) is 7.46. The van der Waals surface area contributed by atoms with Gasteiger partial charge in [0.1, 0.15) is 6.61 Å². The summed E-state index contributed by atoms with van der Waals surface area (Å²) in [6.07, 6.45) is 1.41. The van der Waals surface area contributed by atoms with Crippen LogP contribution in [0.25, 0.3) is 0 Å². The van der Waals surface area contributed by atoms with Crippen LogP contribution >= 0.6 is 0 Å². The lowest BCUT2D eigenvalue weighted by atomic mass is 9.96. The first-order valence-electron chi connectivity index (χ1n) is 9.49. The van der Waals surface area contributed by atoms with Crippen LogP contribution in [-0.2, 0) is 23.9 Å². The number of Topliss-reactive ketones (excluding diaryl/α,β-unsaturated/α-hetero) is 2. The molecule has 0 fully saturated rings. The van der Waals surface area contributed by atoms with Gasteiger partial charge < -0.3 is 20.1 Å². The summed E-state index contributed by atoms with van der Waals surface area (Å²) in [4.78, 5) is 35.3. The number of nitrogens with one attached hydrogen (secondary N) is 3. The summed E-state index contributed by atoms with van der Waals surface area (Å²) in [5, 5.41) is 8.58. The van der Waals surface area contributed by atoms with Gasteiger partial charge in [-0.1, -0.05) is 6.92 Å². The Labute approximate surface area is 163 Å². The maximum Gasteiger partial charge on any atom is 0.233 e. The van der Waals surface area contributed by atoms with Gasteiger partial charge in [-0.3, -0.25) is 19.7 Å². The number of ketones is 2. The first-order valence-corrected chi connectivity index (χ1v) is 9.49. The molecule has 0 aromatic heterocycles. The maximum atomic E-state index is 12.1. The van der Waals surface area contributed by atoms with Crippen molar-refractivity contribution in [2.45, 2.75) is 58.5 Å². The zero-order valence-corrected chi connectivity index (χ0v) is 17.7. The van der Waals surface area contributed by atoms with E-state index in [2.05, 4.69) is 16.0 Å². The van der Waals surface area contributed by atoms with Crippen LogP contribution in [0.4, 0.5) is 0 Å². The highest BCUT2D eigenvalue weighted by Gasteiger charge is 2.27. The number of carbonyl (C=O) groups excluding carboxylic acids is 3. The van der Waals surface area contributed by atoms with Crippen LogP contribution < -0.4 is 16.0 Å². The van der Waals surface area contributed by atoms with E-state index < -0.39 is 11.1 Å². The third kappa shape index (κ3) is 11.2. The minimum Gasteiger partial charge on any atom is -0.378 e. The molecule has 0 saturated heterocycles. The van der Waals surface area contributed by atoms with Gasteiger partial charge in [0.15, 0.2) is 11.6 Å². The molecule has 0 bridgehead atoms. The van der Waals surface area contributed by atoms with E-state index >= 15 is 0 Å². The Bertz CT molecular complexity index is 478. The van der Waals surface area contributed by atoms with Gasteiger partial charge in [-0.15, -0.1) is 0 Å². The summed E-state index contributed by atoms with van der Waals surface area (Å²) in [7, 11) is 1.54. The molecule has 27 heavy (non-hydrogen) atoms. The fourth-order valence-corrected chi connectivity index (χ4v) is 2.13. The first-order chi connectivity index (χ1) is 12.6. The van der Waals surface area contributed by atoms with E-state index in [9.17, 15) is 14.4 Å². The first kappa shape index (κ1) is 25.6. The van der Waals surface area contributed by atoms with Gasteiger partial charge >= 0.3 is 0 Å². The number of hydrogen-bond acceptors (Lipinski definition) is 7. The van der Waals surface area contributed by atoms with E-state index in [0.29, 0.717) is 32.8 Å². The molecule has 0 aromatic rings. The molecule has 3 N–H and O–H groups in total. The lowest BCUT2D eigenvalue weighted by Gasteiger charge is -2.25. The molecular weight excluding hydrogens is 350 g/mol. The van der Waals surface area contributed by atoms with Crippen molar-refractivity contribution >= 4 is 17.5 Å². The highest BCUT2D eigenvalue weighted by molar-refractivity contribution is 5.89. The zero-order valence-electron chi connectivity index (χ0n) is 17.7. The van der Waals surface area contributed by atoms with Crippen molar-refractivity contribution in [1.29, 1.82) is 0 Å². The summed E-state index contributed by atoms with van der Waals surface area (Å²) < 4.78 is 10.8. The van der Waals surface area contributed by atoms with Crippen molar-refractivity contribution in [1.82, 2.24) is 16.0 Å². The lowest BCUT2D eigenvalue weighted by Crippen LogP contribution is -2.51. The SMILES string of the molecule is CCCC(=O)C(C)(C)NCCOCCOCC(=O)C(C)(C)NCC(=O)NC. The van der Waals surface area contributed by atoms with Crippen LogP contribution in [0, 0.1) is 0 Å². The van der Waals surface area contributed by atoms with Crippen molar-refractivity contribution in [3.63, 3.8) is 0 Å². The topological polar surface area (TPSA) is 106 Å². The molecule has 8 nitrogen and oxygen atoms in total. The van der Waals surface area contributed by atoms with Gasteiger partial charge in [-0.05, 0) is 34.1 Å². The van der Waals surface area contributed by atoms with E-state index in [1.54, 1.807) is 20.9 Å². The molecule has 0 aliphatic heterocycles. The third-order valence-electron chi connectivity index (χ3n) is 4.26. The van der Waals surface area contributed by atoms with Gasteiger partial charge in [0.25, 0.3) is 0 Å². The second-order valence-corrected chi connectivity index (χ2v) is 7.46. The molecule has 0 rings (SSSR count). The predicted octanol–water partition coefficient (Wildman–Crippen LogP) is 0.440. The van der Waals surface area contributed by atoms with Crippen molar-refractivity contribution in [2.24, 2.45) is 0 Å². The van der Waals surface area contributed by atoms with Crippen LogP contribution in [0.2, 0.25) is 0 Å². The minimum absolute atomic E-state index is 0.0477. The Hall–Kier alpha value is -1.35. The van der Waals surface area contributed by atoms with Crippen LogP contribution in [-0.4, -0.2) is 75.1 Å². The van der Waals surface area contributed by atoms with Gasteiger partial charge in [-0.2, -0.15) is 0 Å². The zero-order chi connectivity index (χ0) is 20.9. The highest BCUT2D eigenvalue weighted by Crippen LogP contribution is 2.08. The van der Waals surface area contributed by atoms with E-state index in [4.69, 9.17) is 9.47 Å². The smallest absolute Gasteiger partial charge is 0.233 e. The number of carbonyl (C=O) groups is 3. The Kier molecular flexibility index (Phi) is 12.3. The second kappa shape index (κ2) is 12.9. The van der Waals surface area contributed by atoms with E-state index in [0.717, 1.165) is 6.42 Å². The molecular formula is C19H37N3O5. The van der Waals surface area contributed by atoms with Crippen molar-refractivity contribution in [3.8, 4) is 0 Å². The molecule has 0 aliphatic carbocycles. The van der Waals surface area contributed by atoms with E-state index in [1.165, 1.54) is 0 Å². The molecule has 158 valence electrons. The van der Waals surface area contributed by atoms with Crippen LogP contribution in [0.3, 0.4) is 0 Å². The minimum atomic E-state index is -0.839. The maximum absolute atomic E-state index is 12.1. The summed E-state index contributed by atoms with van der Waals surface area (Å²) in [5.74, 6) is -0.123. The van der Waals surface area contributed by atoms with Crippen molar-refractivity contribution in [2.75, 3.05) is 46.6 Å². The van der Waals surface area contributed by atoms with Crippen LogP contribution in [0.5, 0.6) is 0 Å². The molecule has 0 atom stereocenters. The number of likely N-dealkylation sites (N-methyl/N-ethyl adjacent to an activating group) is 1. The number of rotatable bonds is 16. The van der Waals surface area contributed by atoms with Crippen LogP contribution in [0.1, 0.15) is 47.5 Å². The van der Waals surface area contributed by atoms with Crippen molar-refractivity contribution < 1.29 is 23.9 Å².